The van der Waals surface area contributed by atoms with Crippen molar-refractivity contribution < 1.29 is 19.4 Å². The van der Waals surface area contributed by atoms with Crippen molar-refractivity contribution in [1.82, 2.24) is 9.88 Å². The summed E-state index contributed by atoms with van der Waals surface area (Å²) in [5.74, 6) is 1.00. The molecular weight excluding hydrogens is 500 g/mol. The van der Waals surface area contributed by atoms with Crippen LogP contribution in [0.1, 0.15) is 54.9 Å². The zero-order valence-corrected chi connectivity index (χ0v) is 22.4. The number of pyridine rings is 1. The van der Waals surface area contributed by atoms with Crippen LogP contribution in [0.3, 0.4) is 0 Å². The zero-order chi connectivity index (χ0) is 26.1. The first kappa shape index (κ1) is 25.6. The fourth-order valence-corrected chi connectivity index (χ4v) is 7.59. The quantitative estimate of drug-likeness (QED) is 0.393. The van der Waals surface area contributed by atoms with E-state index in [1.165, 1.54) is 10.4 Å². The molecule has 3 heterocycles. The number of rotatable bonds is 8. The molecule has 2 aromatic heterocycles. The number of fused-ring (bicyclic) bond motifs is 3. The van der Waals surface area contributed by atoms with Gasteiger partial charge in [0, 0.05) is 35.8 Å². The second kappa shape index (κ2) is 11.2. The molecule has 1 aromatic carbocycles. The molecule has 0 radical (unpaired) electrons. The number of hydrogen-bond acceptors (Lipinski definition) is 8. The van der Waals surface area contributed by atoms with Crippen molar-refractivity contribution in [3.05, 3.63) is 46.8 Å². The highest BCUT2D eigenvalue weighted by atomic mass is 32.1. The molecule has 2 fully saturated rings. The van der Waals surface area contributed by atoms with Crippen LogP contribution in [-0.2, 0) is 16.0 Å². The maximum Gasteiger partial charge on any atom is 0.246 e. The number of benzene rings is 1. The molecule has 202 valence electrons. The molecule has 3 aromatic rings. The SMILES string of the molecule is NC(=O)[C@@H](O)C[C@H]1CCc2sc3nc(Nc4ccccc4)cc(OC4CCC(N5CCOCC5)CC4)c3c21. The number of morpholine rings is 1. The van der Waals surface area contributed by atoms with Crippen molar-refractivity contribution in [2.45, 2.75) is 69.1 Å². The molecule has 1 aliphatic heterocycles. The van der Waals surface area contributed by atoms with Gasteiger partial charge >= 0.3 is 0 Å². The molecule has 1 amide bonds. The fraction of sp³-hybridized carbons (Fsp3) is 0.517. The molecule has 2 aliphatic carbocycles. The number of primary amides is 1. The van der Waals surface area contributed by atoms with E-state index < -0.39 is 12.0 Å². The summed E-state index contributed by atoms with van der Waals surface area (Å²) in [6.45, 7) is 3.71. The maximum atomic E-state index is 11.6. The third kappa shape index (κ3) is 5.38. The topological polar surface area (TPSA) is 110 Å². The number of thiophene rings is 1. The predicted molar refractivity (Wildman–Crippen MR) is 149 cm³/mol. The molecule has 1 saturated heterocycles. The molecule has 6 rings (SSSR count). The lowest BCUT2D eigenvalue weighted by atomic mass is 9.91. The number of nitrogens with two attached hydrogens (primary N) is 1. The lowest BCUT2D eigenvalue weighted by molar-refractivity contribution is -0.126. The smallest absolute Gasteiger partial charge is 0.246 e. The minimum Gasteiger partial charge on any atom is -0.490 e. The summed E-state index contributed by atoms with van der Waals surface area (Å²) in [6.07, 6.45) is 5.44. The van der Waals surface area contributed by atoms with E-state index >= 15 is 0 Å². The molecule has 38 heavy (non-hydrogen) atoms. The molecule has 0 spiro atoms. The monoisotopic (exact) mass is 536 g/mol. The summed E-state index contributed by atoms with van der Waals surface area (Å²) in [5.41, 5.74) is 7.55. The molecule has 0 unspecified atom stereocenters. The van der Waals surface area contributed by atoms with Crippen LogP contribution in [0.25, 0.3) is 10.2 Å². The zero-order valence-electron chi connectivity index (χ0n) is 21.6. The summed E-state index contributed by atoms with van der Waals surface area (Å²) in [7, 11) is 0. The molecule has 9 heteroatoms. The minimum absolute atomic E-state index is 0.0652. The van der Waals surface area contributed by atoms with E-state index in [1.807, 2.05) is 36.4 Å². The van der Waals surface area contributed by atoms with E-state index in [9.17, 15) is 9.90 Å². The summed E-state index contributed by atoms with van der Waals surface area (Å²) in [6, 6.07) is 12.7. The second-order valence-corrected chi connectivity index (χ2v) is 11.8. The number of nitrogens with one attached hydrogen (secondary N) is 1. The molecule has 2 atom stereocenters. The van der Waals surface area contributed by atoms with Crippen molar-refractivity contribution in [3.8, 4) is 5.75 Å². The van der Waals surface area contributed by atoms with Crippen LogP contribution < -0.4 is 15.8 Å². The van der Waals surface area contributed by atoms with Crippen LogP contribution in [0.4, 0.5) is 11.5 Å². The van der Waals surface area contributed by atoms with Crippen LogP contribution in [0.2, 0.25) is 0 Å². The fourth-order valence-electron chi connectivity index (χ4n) is 6.30. The van der Waals surface area contributed by atoms with Crippen LogP contribution in [0.15, 0.2) is 36.4 Å². The van der Waals surface area contributed by atoms with Crippen molar-refractivity contribution in [2.75, 3.05) is 31.6 Å². The first-order chi connectivity index (χ1) is 18.5. The van der Waals surface area contributed by atoms with Gasteiger partial charge in [-0.25, -0.2) is 4.98 Å². The summed E-state index contributed by atoms with van der Waals surface area (Å²) >= 11 is 1.70. The van der Waals surface area contributed by atoms with Gasteiger partial charge in [-0.1, -0.05) is 18.2 Å². The number of aliphatic hydroxyl groups is 1. The van der Waals surface area contributed by atoms with Gasteiger partial charge in [-0.3, -0.25) is 9.69 Å². The lowest BCUT2D eigenvalue weighted by Crippen LogP contribution is -2.46. The number of carbonyl (C=O) groups excluding carboxylic acids is 1. The van der Waals surface area contributed by atoms with Gasteiger partial charge in [0.1, 0.15) is 22.5 Å². The van der Waals surface area contributed by atoms with E-state index in [2.05, 4.69) is 10.2 Å². The number of nitrogens with zero attached hydrogens (tertiary/aromatic N) is 2. The highest BCUT2D eigenvalue weighted by Gasteiger charge is 2.34. The Balaban J connectivity index is 1.28. The Morgan fingerprint density at radius 3 is 2.68 bits per heavy atom. The highest BCUT2D eigenvalue weighted by molar-refractivity contribution is 7.19. The number of ether oxygens (including phenoxy) is 2. The Morgan fingerprint density at radius 2 is 1.95 bits per heavy atom. The van der Waals surface area contributed by atoms with Gasteiger partial charge < -0.3 is 25.6 Å². The van der Waals surface area contributed by atoms with Crippen molar-refractivity contribution in [2.24, 2.45) is 5.73 Å². The molecular formula is C29H36N4O4S. The number of aromatic nitrogens is 1. The largest absolute Gasteiger partial charge is 0.490 e. The average molecular weight is 537 g/mol. The van der Waals surface area contributed by atoms with Crippen LogP contribution in [-0.4, -0.2) is 65.5 Å². The van der Waals surface area contributed by atoms with E-state index in [1.54, 1.807) is 11.3 Å². The average Bonchev–Trinajstić information content (AvgIpc) is 3.49. The Bertz CT molecular complexity index is 1270. The van der Waals surface area contributed by atoms with Gasteiger partial charge in [-0.15, -0.1) is 11.3 Å². The van der Waals surface area contributed by atoms with Crippen LogP contribution in [0.5, 0.6) is 5.75 Å². The van der Waals surface area contributed by atoms with Crippen molar-refractivity contribution in [1.29, 1.82) is 0 Å². The van der Waals surface area contributed by atoms with Crippen LogP contribution in [0, 0.1) is 0 Å². The summed E-state index contributed by atoms with van der Waals surface area (Å²) in [4.78, 5) is 21.4. The van der Waals surface area contributed by atoms with Crippen molar-refractivity contribution in [3.63, 3.8) is 0 Å². The van der Waals surface area contributed by atoms with E-state index in [-0.39, 0.29) is 12.0 Å². The normalized spacial score (nSPS) is 24.7. The number of hydrogen-bond donors (Lipinski definition) is 3. The van der Waals surface area contributed by atoms with Crippen LogP contribution >= 0.6 is 11.3 Å². The second-order valence-electron chi connectivity index (χ2n) is 10.7. The summed E-state index contributed by atoms with van der Waals surface area (Å²) < 4.78 is 12.3. The van der Waals surface area contributed by atoms with Crippen molar-refractivity contribution >= 4 is 39.0 Å². The number of carbonyl (C=O) groups is 1. The minimum atomic E-state index is -1.15. The molecule has 4 N–H and O–H groups in total. The number of amides is 1. The number of aryl methyl sites for hydroxylation is 1. The molecule has 3 aliphatic rings. The van der Waals surface area contributed by atoms with E-state index in [0.29, 0.717) is 12.5 Å². The van der Waals surface area contributed by atoms with E-state index in [4.69, 9.17) is 20.2 Å². The standard InChI is InChI=1S/C29H36N4O4S/c30-28(35)22(34)16-18-6-11-24-26(18)27-23(17-25(32-29(27)38-24)31-19-4-2-1-3-5-19)37-21-9-7-20(8-10-21)33-12-14-36-15-13-33/h1-5,17-18,20-22,34H,6-16H2,(H2,30,35)(H,31,32)/t18-,20?,21?,22+/m1/s1. The Labute approximate surface area is 227 Å². The molecule has 1 saturated carbocycles. The number of aliphatic hydroxyl groups excluding tert-OH is 1. The number of para-hydroxylation sites is 1. The van der Waals surface area contributed by atoms with Gasteiger partial charge in [0.05, 0.1) is 24.7 Å². The Morgan fingerprint density at radius 1 is 1.18 bits per heavy atom. The first-order valence-electron chi connectivity index (χ1n) is 13.8. The van der Waals surface area contributed by atoms with Gasteiger partial charge in [-0.2, -0.15) is 0 Å². The van der Waals surface area contributed by atoms with Gasteiger partial charge in [0.15, 0.2) is 0 Å². The molecule has 0 bridgehead atoms. The van der Waals surface area contributed by atoms with Gasteiger partial charge in [-0.05, 0) is 68.6 Å². The van der Waals surface area contributed by atoms with Gasteiger partial charge in [0.2, 0.25) is 5.91 Å². The predicted octanol–water partition coefficient (Wildman–Crippen LogP) is 4.33. The number of anilines is 2. The van der Waals surface area contributed by atoms with E-state index in [0.717, 1.165) is 92.3 Å². The first-order valence-corrected chi connectivity index (χ1v) is 14.6. The maximum absolute atomic E-state index is 11.6. The highest BCUT2D eigenvalue weighted by Crippen LogP contribution is 2.49. The van der Waals surface area contributed by atoms with Gasteiger partial charge in [0.25, 0.3) is 0 Å². The Kier molecular flexibility index (Phi) is 7.52. The Hall–Kier alpha value is -2.72. The molecule has 8 nitrogen and oxygen atoms in total. The lowest BCUT2D eigenvalue weighted by Gasteiger charge is -2.38. The third-order valence-electron chi connectivity index (χ3n) is 8.25. The third-order valence-corrected chi connectivity index (χ3v) is 9.41. The summed E-state index contributed by atoms with van der Waals surface area (Å²) in [5, 5.41) is 14.7.